The van der Waals surface area contributed by atoms with Gasteiger partial charge in [0.2, 0.25) is 0 Å². The quantitative estimate of drug-likeness (QED) is 0.564. The average Bonchev–Trinajstić information content (AvgIpc) is 2.83. The van der Waals surface area contributed by atoms with Crippen LogP contribution in [-0.4, -0.2) is 25.0 Å². The second-order valence-electron chi connectivity index (χ2n) is 8.55. The molecule has 5 heteroatoms. The molecule has 2 aromatic carbocycles. The molecule has 0 aromatic heterocycles. The third kappa shape index (κ3) is 5.19. The number of ether oxygens (including phenoxy) is 2. The number of hydrogen-bond donors (Lipinski definition) is 1. The summed E-state index contributed by atoms with van der Waals surface area (Å²) in [6, 6.07) is 17.7. The van der Waals surface area contributed by atoms with Gasteiger partial charge in [-0.25, -0.2) is 4.79 Å². The summed E-state index contributed by atoms with van der Waals surface area (Å²) in [6.45, 7) is 4.90. The lowest BCUT2D eigenvalue weighted by atomic mass is 9.75. The van der Waals surface area contributed by atoms with Crippen molar-refractivity contribution in [2.24, 2.45) is 0 Å². The summed E-state index contributed by atoms with van der Waals surface area (Å²) >= 11 is 0. The molecule has 33 heavy (non-hydrogen) atoms. The van der Waals surface area contributed by atoms with Crippen LogP contribution < -0.4 is 10.1 Å². The van der Waals surface area contributed by atoms with Gasteiger partial charge in [0.05, 0.1) is 18.8 Å². The van der Waals surface area contributed by atoms with E-state index in [9.17, 15) is 9.59 Å². The SMILES string of the molecule is CCCOc1ccc([C@H]2C(C(=O)OCCc3ccccc3)=C(C)NC3=C2C(=O)CCC3)cc1. The molecule has 0 spiro atoms. The lowest BCUT2D eigenvalue weighted by Crippen LogP contribution is -2.34. The van der Waals surface area contributed by atoms with Gasteiger partial charge in [-0.05, 0) is 49.4 Å². The van der Waals surface area contributed by atoms with Gasteiger partial charge in [0.25, 0.3) is 0 Å². The van der Waals surface area contributed by atoms with E-state index in [2.05, 4.69) is 12.2 Å². The number of nitrogens with one attached hydrogen (secondary N) is 1. The lowest BCUT2D eigenvalue weighted by Gasteiger charge is -2.34. The Kier molecular flexibility index (Phi) is 7.28. The van der Waals surface area contributed by atoms with Gasteiger partial charge in [-0.3, -0.25) is 4.79 Å². The van der Waals surface area contributed by atoms with E-state index in [0.717, 1.165) is 47.5 Å². The summed E-state index contributed by atoms with van der Waals surface area (Å²) < 4.78 is 11.4. The molecule has 172 valence electrons. The van der Waals surface area contributed by atoms with E-state index < -0.39 is 5.92 Å². The van der Waals surface area contributed by atoms with Gasteiger partial charge in [0.1, 0.15) is 5.75 Å². The van der Waals surface area contributed by atoms with Gasteiger partial charge >= 0.3 is 5.97 Å². The van der Waals surface area contributed by atoms with Crippen molar-refractivity contribution in [2.45, 2.75) is 51.9 Å². The standard InChI is InChI=1S/C28H31NO4/c1-3-17-32-22-14-12-21(13-15-22)26-25(19(2)29-23-10-7-11-24(30)27(23)26)28(31)33-18-16-20-8-5-4-6-9-20/h4-6,8-9,12-15,26,29H,3,7,10-11,16-18H2,1-2H3/t26-/m0/s1. The van der Waals surface area contributed by atoms with Crippen molar-refractivity contribution in [3.63, 3.8) is 0 Å². The molecule has 0 amide bonds. The van der Waals surface area contributed by atoms with E-state index in [1.165, 1.54) is 0 Å². The van der Waals surface area contributed by atoms with Crippen molar-refractivity contribution in [3.8, 4) is 5.75 Å². The molecule has 1 heterocycles. The Bertz CT molecular complexity index is 1070. The van der Waals surface area contributed by atoms with E-state index in [0.29, 0.717) is 30.6 Å². The number of esters is 1. The molecule has 0 fully saturated rings. The van der Waals surface area contributed by atoms with E-state index in [4.69, 9.17) is 9.47 Å². The number of Topliss-reactive ketones (excluding diaryl/α,β-unsaturated/α-hetero) is 1. The Morgan fingerprint density at radius 2 is 1.79 bits per heavy atom. The molecule has 0 saturated carbocycles. The van der Waals surface area contributed by atoms with E-state index >= 15 is 0 Å². The van der Waals surface area contributed by atoms with Crippen molar-refractivity contribution in [1.82, 2.24) is 5.32 Å². The monoisotopic (exact) mass is 445 g/mol. The molecule has 0 radical (unpaired) electrons. The molecule has 0 saturated heterocycles. The van der Waals surface area contributed by atoms with Gasteiger partial charge < -0.3 is 14.8 Å². The number of hydrogen-bond acceptors (Lipinski definition) is 5. The van der Waals surface area contributed by atoms with Crippen molar-refractivity contribution < 1.29 is 19.1 Å². The highest BCUT2D eigenvalue weighted by Crippen LogP contribution is 2.42. The van der Waals surface area contributed by atoms with Gasteiger partial charge in [0, 0.05) is 35.7 Å². The highest BCUT2D eigenvalue weighted by molar-refractivity contribution is 6.03. The lowest BCUT2D eigenvalue weighted by molar-refractivity contribution is -0.139. The van der Waals surface area contributed by atoms with Crippen molar-refractivity contribution in [1.29, 1.82) is 0 Å². The predicted molar refractivity (Wildman–Crippen MR) is 128 cm³/mol. The van der Waals surface area contributed by atoms with Gasteiger partial charge in [-0.15, -0.1) is 0 Å². The van der Waals surface area contributed by atoms with Crippen LogP contribution in [0.1, 0.15) is 56.6 Å². The van der Waals surface area contributed by atoms with Crippen LogP contribution >= 0.6 is 0 Å². The molecule has 5 nitrogen and oxygen atoms in total. The molecule has 2 aromatic rings. The molecule has 1 aliphatic heterocycles. The number of rotatable bonds is 8. The maximum atomic E-state index is 13.3. The zero-order chi connectivity index (χ0) is 23.2. The summed E-state index contributed by atoms with van der Waals surface area (Å²) in [5.74, 6) is 0.0733. The fourth-order valence-corrected chi connectivity index (χ4v) is 4.55. The third-order valence-corrected chi connectivity index (χ3v) is 6.15. The number of dihydropyridines is 1. The van der Waals surface area contributed by atoms with Gasteiger partial charge in [-0.1, -0.05) is 49.4 Å². The molecule has 1 atom stereocenters. The van der Waals surface area contributed by atoms with Crippen LogP contribution in [0.4, 0.5) is 0 Å². The minimum atomic E-state index is -0.432. The largest absolute Gasteiger partial charge is 0.494 e. The molecule has 0 bridgehead atoms. The number of carbonyl (C=O) groups is 2. The fourth-order valence-electron chi connectivity index (χ4n) is 4.55. The Labute approximate surface area is 195 Å². The number of allylic oxidation sites excluding steroid dienone is 3. The highest BCUT2D eigenvalue weighted by Gasteiger charge is 2.39. The Balaban J connectivity index is 1.60. The molecule has 1 N–H and O–H groups in total. The van der Waals surface area contributed by atoms with E-state index in [-0.39, 0.29) is 18.4 Å². The van der Waals surface area contributed by atoms with Crippen molar-refractivity contribution in [3.05, 3.63) is 88.3 Å². The minimum Gasteiger partial charge on any atom is -0.494 e. The number of carbonyl (C=O) groups excluding carboxylic acids is 2. The zero-order valence-corrected chi connectivity index (χ0v) is 19.4. The first-order chi connectivity index (χ1) is 16.1. The molecule has 2 aliphatic rings. The third-order valence-electron chi connectivity index (χ3n) is 6.15. The molecule has 4 rings (SSSR count). The summed E-state index contributed by atoms with van der Waals surface area (Å²) in [6.07, 6.45) is 3.72. The summed E-state index contributed by atoms with van der Waals surface area (Å²) in [5.41, 5.74) is 4.91. The Morgan fingerprint density at radius 1 is 1.03 bits per heavy atom. The first-order valence-electron chi connectivity index (χ1n) is 11.8. The topological polar surface area (TPSA) is 64.6 Å². The zero-order valence-electron chi connectivity index (χ0n) is 19.4. The first-order valence-corrected chi connectivity index (χ1v) is 11.8. The minimum absolute atomic E-state index is 0.0992. The number of ketones is 1. The van der Waals surface area contributed by atoms with Crippen LogP contribution in [0.25, 0.3) is 0 Å². The van der Waals surface area contributed by atoms with E-state index in [1.54, 1.807) is 0 Å². The molecular weight excluding hydrogens is 414 g/mol. The van der Waals surface area contributed by atoms with Crippen LogP contribution in [0, 0.1) is 0 Å². The maximum absolute atomic E-state index is 13.3. The van der Waals surface area contributed by atoms with Crippen LogP contribution in [0.5, 0.6) is 5.75 Å². The maximum Gasteiger partial charge on any atom is 0.336 e. The normalized spacial score (nSPS) is 18.0. The van der Waals surface area contributed by atoms with Crippen LogP contribution in [-0.2, 0) is 20.7 Å². The van der Waals surface area contributed by atoms with Crippen LogP contribution in [0.2, 0.25) is 0 Å². The van der Waals surface area contributed by atoms with Crippen molar-refractivity contribution >= 4 is 11.8 Å². The number of benzene rings is 2. The Morgan fingerprint density at radius 3 is 2.52 bits per heavy atom. The summed E-state index contributed by atoms with van der Waals surface area (Å²) in [5, 5.41) is 3.34. The molecule has 1 aliphatic carbocycles. The highest BCUT2D eigenvalue weighted by atomic mass is 16.5. The second-order valence-corrected chi connectivity index (χ2v) is 8.55. The van der Waals surface area contributed by atoms with Gasteiger partial charge in [-0.2, -0.15) is 0 Å². The van der Waals surface area contributed by atoms with Crippen molar-refractivity contribution in [2.75, 3.05) is 13.2 Å². The predicted octanol–water partition coefficient (Wildman–Crippen LogP) is 5.23. The average molecular weight is 446 g/mol. The first kappa shape index (κ1) is 22.8. The van der Waals surface area contributed by atoms with E-state index in [1.807, 2.05) is 61.5 Å². The smallest absolute Gasteiger partial charge is 0.336 e. The second kappa shape index (κ2) is 10.5. The summed E-state index contributed by atoms with van der Waals surface area (Å²) in [4.78, 5) is 26.3. The van der Waals surface area contributed by atoms with Crippen LogP contribution in [0.3, 0.4) is 0 Å². The van der Waals surface area contributed by atoms with Crippen LogP contribution in [0.15, 0.2) is 77.1 Å². The Hall–Kier alpha value is -3.34. The summed E-state index contributed by atoms with van der Waals surface area (Å²) in [7, 11) is 0. The van der Waals surface area contributed by atoms with Gasteiger partial charge in [0.15, 0.2) is 5.78 Å². The molecular formula is C28H31NO4. The molecule has 0 unspecified atom stereocenters. The fraction of sp³-hybridized carbons (Fsp3) is 0.357.